The maximum atomic E-state index is 5.46. The average molecular weight is 162 g/mol. The summed E-state index contributed by atoms with van der Waals surface area (Å²) in [6.07, 6.45) is 13.7. The third-order valence-electron chi connectivity index (χ3n) is 2.45. The van der Waals surface area contributed by atoms with Crippen molar-refractivity contribution in [1.29, 1.82) is 0 Å². The Kier molecular flexibility index (Phi) is 2.13. The van der Waals surface area contributed by atoms with Crippen LogP contribution in [-0.2, 0) is 4.74 Å². The second kappa shape index (κ2) is 3.28. The molecule has 1 saturated heterocycles. The number of hydrogen-bond donors (Lipinski definition) is 0. The zero-order valence-electron chi connectivity index (χ0n) is 7.15. The molecule has 0 spiro atoms. The maximum Gasteiger partial charge on any atom is 0.103 e. The van der Waals surface area contributed by atoms with Gasteiger partial charge in [-0.2, -0.15) is 0 Å². The summed E-state index contributed by atoms with van der Waals surface area (Å²) < 4.78 is 5.46. The van der Waals surface area contributed by atoms with Crippen molar-refractivity contribution < 1.29 is 4.74 Å². The first-order chi connectivity index (χ1) is 5.92. The van der Waals surface area contributed by atoms with Crippen LogP contribution in [0.1, 0.15) is 12.8 Å². The van der Waals surface area contributed by atoms with Crippen LogP contribution >= 0.6 is 0 Å². The second-order valence-electron chi connectivity index (χ2n) is 3.34. The van der Waals surface area contributed by atoms with Crippen LogP contribution in [0, 0.1) is 5.92 Å². The number of allylic oxidation sites excluding steroid dienone is 3. The van der Waals surface area contributed by atoms with Crippen LogP contribution < -0.4 is 0 Å². The summed E-state index contributed by atoms with van der Waals surface area (Å²) >= 11 is 0. The van der Waals surface area contributed by atoms with E-state index in [1.807, 2.05) is 6.08 Å². The van der Waals surface area contributed by atoms with Crippen LogP contribution in [0.4, 0.5) is 0 Å². The normalized spacial score (nSPS) is 39.2. The average Bonchev–Trinajstić information content (AvgIpc) is 2.89. The molecule has 1 nitrogen and oxygen atoms in total. The molecular formula is C11H14O. The molecule has 0 radical (unpaired) electrons. The minimum absolute atomic E-state index is 0.311. The van der Waals surface area contributed by atoms with E-state index in [-0.39, 0.29) is 0 Å². The van der Waals surface area contributed by atoms with Crippen molar-refractivity contribution in [3.8, 4) is 0 Å². The summed E-state index contributed by atoms with van der Waals surface area (Å²) in [6, 6.07) is 0. The fourth-order valence-electron chi connectivity index (χ4n) is 1.67. The Hall–Kier alpha value is -0.820. The molecule has 1 fully saturated rings. The van der Waals surface area contributed by atoms with Crippen molar-refractivity contribution in [3.05, 3.63) is 37.0 Å². The first-order valence-corrected chi connectivity index (χ1v) is 4.51. The molecule has 3 atom stereocenters. The van der Waals surface area contributed by atoms with Gasteiger partial charge in [-0.25, -0.2) is 0 Å². The van der Waals surface area contributed by atoms with E-state index < -0.39 is 0 Å². The number of rotatable bonds is 2. The summed E-state index contributed by atoms with van der Waals surface area (Å²) in [6.45, 7) is 3.72. The van der Waals surface area contributed by atoms with E-state index in [1.54, 1.807) is 0 Å². The monoisotopic (exact) mass is 162 g/mol. The van der Waals surface area contributed by atoms with E-state index in [9.17, 15) is 0 Å². The van der Waals surface area contributed by atoms with Gasteiger partial charge in [-0.1, -0.05) is 30.4 Å². The van der Waals surface area contributed by atoms with Crippen LogP contribution in [0.25, 0.3) is 0 Å². The van der Waals surface area contributed by atoms with Gasteiger partial charge in [-0.05, 0) is 12.8 Å². The molecule has 1 heterocycles. The van der Waals surface area contributed by atoms with Gasteiger partial charge in [-0.15, -0.1) is 6.58 Å². The standard InChI is InChI=1S/C11H14O/c1-2-10-11(12-10)9-7-5-3-4-6-8-9/h2-3,5-6,8-11H,1,4,7H2/t9-,10-,11+/m1/s1. The molecule has 0 bridgehead atoms. The zero-order chi connectivity index (χ0) is 8.39. The highest BCUT2D eigenvalue weighted by atomic mass is 16.6. The summed E-state index contributed by atoms with van der Waals surface area (Å²) in [7, 11) is 0. The second-order valence-corrected chi connectivity index (χ2v) is 3.34. The molecule has 0 aromatic rings. The lowest BCUT2D eigenvalue weighted by molar-refractivity contribution is 0.350. The van der Waals surface area contributed by atoms with E-state index in [0.29, 0.717) is 18.1 Å². The van der Waals surface area contributed by atoms with Crippen molar-refractivity contribution in [3.63, 3.8) is 0 Å². The molecule has 1 heteroatoms. The summed E-state index contributed by atoms with van der Waals surface area (Å²) in [5, 5.41) is 0. The van der Waals surface area contributed by atoms with Crippen molar-refractivity contribution in [2.75, 3.05) is 0 Å². The maximum absolute atomic E-state index is 5.46. The molecule has 0 aromatic carbocycles. The highest BCUT2D eigenvalue weighted by molar-refractivity contribution is 5.11. The smallest absolute Gasteiger partial charge is 0.103 e. The van der Waals surface area contributed by atoms with Gasteiger partial charge in [0.25, 0.3) is 0 Å². The van der Waals surface area contributed by atoms with E-state index >= 15 is 0 Å². The van der Waals surface area contributed by atoms with E-state index in [4.69, 9.17) is 4.74 Å². The van der Waals surface area contributed by atoms with E-state index in [2.05, 4.69) is 30.9 Å². The van der Waals surface area contributed by atoms with Crippen LogP contribution in [0.5, 0.6) is 0 Å². The largest absolute Gasteiger partial charge is 0.365 e. The topological polar surface area (TPSA) is 12.5 Å². The lowest BCUT2D eigenvalue weighted by Crippen LogP contribution is -2.05. The minimum atomic E-state index is 0.311. The molecule has 0 N–H and O–H groups in total. The van der Waals surface area contributed by atoms with Crippen LogP contribution in [-0.4, -0.2) is 12.2 Å². The molecular weight excluding hydrogens is 148 g/mol. The van der Waals surface area contributed by atoms with Crippen molar-refractivity contribution in [2.45, 2.75) is 25.0 Å². The molecule has 64 valence electrons. The fraction of sp³-hybridized carbons (Fsp3) is 0.455. The SMILES string of the molecule is C=C[C@H]1O[C@H]1[C@H]1C=CCC=CC1. The van der Waals surface area contributed by atoms with Crippen molar-refractivity contribution in [1.82, 2.24) is 0 Å². The summed E-state index contributed by atoms with van der Waals surface area (Å²) in [5.41, 5.74) is 0. The minimum Gasteiger partial charge on any atom is -0.365 e. The molecule has 2 rings (SSSR count). The molecule has 0 saturated carbocycles. The first kappa shape index (κ1) is 7.81. The number of hydrogen-bond acceptors (Lipinski definition) is 1. The first-order valence-electron chi connectivity index (χ1n) is 4.51. The summed E-state index contributed by atoms with van der Waals surface area (Å²) in [5.74, 6) is 0.576. The van der Waals surface area contributed by atoms with Gasteiger partial charge >= 0.3 is 0 Å². The molecule has 0 amide bonds. The van der Waals surface area contributed by atoms with Gasteiger partial charge < -0.3 is 4.74 Å². The number of epoxide rings is 1. The molecule has 1 aliphatic carbocycles. The predicted octanol–water partition coefficient (Wildman–Crippen LogP) is 2.46. The Labute approximate surface area is 73.4 Å². The molecule has 1 aliphatic heterocycles. The van der Waals surface area contributed by atoms with Crippen molar-refractivity contribution >= 4 is 0 Å². The molecule has 0 aromatic heterocycles. The Morgan fingerprint density at radius 1 is 1.33 bits per heavy atom. The van der Waals surface area contributed by atoms with Crippen LogP contribution in [0.2, 0.25) is 0 Å². The van der Waals surface area contributed by atoms with Gasteiger partial charge in [0.15, 0.2) is 0 Å². The van der Waals surface area contributed by atoms with E-state index in [0.717, 1.165) is 12.8 Å². The lowest BCUT2D eigenvalue weighted by atomic mass is 9.99. The predicted molar refractivity (Wildman–Crippen MR) is 49.9 cm³/mol. The summed E-state index contributed by atoms with van der Waals surface area (Å²) in [4.78, 5) is 0. The zero-order valence-corrected chi connectivity index (χ0v) is 7.15. The van der Waals surface area contributed by atoms with Gasteiger partial charge in [0, 0.05) is 5.92 Å². The third kappa shape index (κ3) is 1.51. The van der Waals surface area contributed by atoms with E-state index in [1.165, 1.54) is 0 Å². The Balaban J connectivity index is 1.95. The molecule has 12 heavy (non-hydrogen) atoms. The Bertz CT molecular complexity index is 227. The highest BCUT2D eigenvalue weighted by Crippen LogP contribution is 2.34. The van der Waals surface area contributed by atoms with Crippen molar-refractivity contribution in [2.24, 2.45) is 5.92 Å². The van der Waals surface area contributed by atoms with Crippen LogP contribution in [0.3, 0.4) is 0 Å². The Morgan fingerprint density at radius 3 is 3.00 bits per heavy atom. The third-order valence-corrected chi connectivity index (χ3v) is 2.45. The quantitative estimate of drug-likeness (QED) is 0.449. The number of ether oxygens (including phenoxy) is 1. The van der Waals surface area contributed by atoms with Gasteiger partial charge in [0.05, 0.1) is 6.10 Å². The molecule has 0 unspecified atom stereocenters. The van der Waals surface area contributed by atoms with Gasteiger partial charge in [0.2, 0.25) is 0 Å². The molecule has 2 aliphatic rings. The van der Waals surface area contributed by atoms with Gasteiger partial charge in [0.1, 0.15) is 6.10 Å². The lowest BCUT2D eigenvalue weighted by Gasteiger charge is -2.03. The fourth-order valence-corrected chi connectivity index (χ4v) is 1.67. The highest BCUT2D eigenvalue weighted by Gasteiger charge is 2.40. The Morgan fingerprint density at radius 2 is 2.25 bits per heavy atom. The van der Waals surface area contributed by atoms with Gasteiger partial charge in [-0.3, -0.25) is 0 Å². The van der Waals surface area contributed by atoms with Crippen LogP contribution in [0.15, 0.2) is 37.0 Å².